The molecule has 4 heteroatoms. The molecule has 3 aromatic carbocycles. The second kappa shape index (κ2) is 8.18. The van der Waals surface area contributed by atoms with Crippen LogP contribution in [-0.2, 0) is 0 Å². The van der Waals surface area contributed by atoms with Crippen LogP contribution in [0, 0.1) is 18.8 Å². The van der Waals surface area contributed by atoms with Gasteiger partial charge in [0.25, 0.3) is 0 Å². The molecule has 0 aliphatic rings. The first kappa shape index (κ1) is 19.4. The zero-order valence-electron chi connectivity index (χ0n) is 17.0. The van der Waals surface area contributed by atoms with Crippen molar-refractivity contribution in [2.45, 2.75) is 6.92 Å². The number of ether oxygens (including phenoxy) is 2. The summed E-state index contributed by atoms with van der Waals surface area (Å²) in [6, 6.07) is 20.9. The number of methoxy groups -OCH3 is 2. The molecule has 0 aliphatic heterocycles. The Kier molecular flexibility index (Phi) is 5.28. The largest absolute Gasteiger partial charge is 0.496 e. The normalized spacial score (nSPS) is 10.4. The van der Waals surface area contributed by atoms with Crippen molar-refractivity contribution in [2.24, 2.45) is 0 Å². The topological polar surface area (TPSA) is 48.7 Å². The van der Waals surface area contributed by atoms with Crippen LogP contribution in [-0.4, -0.2) is 14.2 Å². The molecule has 0 saturated carbocycles. The lowest BCUT2D eigenvalue weighted by Gasteiger charge is -2.12. The summed E-state index contributed by atoms with van der Waals surface area (Å²) in [5, 5.41) is 0.751. The van der Waals surface area contributed by atoms with Gasteiger partial charge >= 0.3 is 5.63 Å². The maximum absolute atomic E-state index is 12.8. The van der Waals surface area contributed by atoms with Crippen LogP contribution in [0.4, 0.5) is 0 Å². The van der Waals surface area contributed by atoms with Crippen molar-refractivity contribution in [3.8, 4) is 34.5 Å². The molecule has 0 fully saturated rings. The molecule has 4 rings (SSSR count). The molecular weight excluding hydrogens is 376 g/mol. The van der Waals surface area contributed by atoms with Gasteiger partial charge in [-0.15, -0.1) is 0 Å². The van der Waals surface area contributed by atoms with Gasteiger partial charge in [0.2, 0.25) is 0 Å². The molecule has 0 radical (unpaired) electrons. The molecule has 4 aromatic rings. The Morgan fingerprint density at radius 3 is 2.13 bits per heavy atom. The second-order valence-electron chi connectivity index (χ2n) is 6.79. The van der Waals surface area contributed by atoms with Gasteiger partial charge in [0.1, 0.15) is 17.1 Å². The van der Waals surface area contributed by atoms with Gasteiger partial charge in [-0.3, -0.25) is 0 Å². The van der Waals surface area contributed by atoms with E-state index in [-0.39, 0.29) is 0 Å². The Bertz CT molecular complexity index is 1320. The highest BCUT2D eigenvalue weighted by atomic mass is 16.5. The van der Waals surface area contributed by atoms with Crippen molar-refractivity contribution in [1.29, 1.82) is 0 Å². The molecule has 0 unspecified atom stereocenters. The second-order valence-corrected chi connectivity index (χ2v) is 6.79. The first-order valence-corrected chi connectivity index (χ1v) is 9.47. The molecule has 4 nitrogen and oxygen atoms in total. The fourth-order valence-corrected chi connectivity index (χ4v) is 3.44. The van der Waals surface area contributed by atoms with Crippen LogP contribution in [0.25, 0.3) is 22.1 Å². The quantitative estimate of drug-likeness (QED) is 0.353. The number of hydrogen-bond acceptors (Lipinski definition) is 4. The van der Waals surface area contributed by atoms with Gasteiger partial charge in [-0.1, -0.05) is 42.2 Å². The highest BCUT2D eigenvalue weighted by Gasteiger charge is 2.17. The van der Waals surface area contributed by atoms with Crippen LogP contribution in [0.3, 0.4) is 0 Å². The lowest BCUT2D eigenvalue weighted by atomic mass is 9.98. The van der Waals surface area contributed by atoms with E-state index in [0.29, 0.717) is 22.6 Å². The summed E-state index contributed by atoms with van der Waals surface area (Å²) in [6.07, 6.45) is 0. The maximum atomic E-state index is 12.8. The third kappa shape index (κ3) is 3.66. The Labute approximate surface area is 174 Å². The predicted octanol–water partition coefficient (Wildman–Crippen LogP) is 5.19. The molecule has 0 atom stereocenters. The number of hydrogen-bond donors (Lipinski definition) is 0. The summed E-state index contributed by atoms with van der Waals surface area (Å²) >= 11 is 0. The van der Waals surface area contributed by atoms with Gasteiger partial charge in [-0.05, 0) is 42.3 Å². The van der Waals surface area contributed by atoms with Gasteiger partial charge in [0.05, 0.1) is 25.2 Å². The molecular formula is C26H20O4. The Morgan fingerprint density at radius 2 is 1.50 bits per heavy atom. The van der Waals surface area contributed by atoms with E-state index >= 15 is 0 Å². The van der Waals surface area contributed by atoms with Crippen molar-refractivity contribution < 1.29 is 13.9 Å². The molecule has 0 spiro atoms. The van der Waals surface area contributed by atoms with Crippen LogP contribution >= 0.6 is 0 Å². The van der Waals surface area contributed by atoms with E-state index in [0.717, 1.165) is 27.6 Å². The van der Waals surface area contributed by atoms with Gasteiger partial charge in [-0.25, -0.2) is 4.79 Å². The first-order valence-electron chi connectivity index (χ1n) is 9.47. The summed E-state index contributed by atoms with van der Waals surface area (Å²) in [5.41, 5.74) is 3.92. The highest BCUT2D eigenvalue weighted by Crippen LogP contribution is 2.36. The molecule has 0 aliphatic carbocycles. The Hall–Kier alpha value is -3.97. The van der Waals surface area contributed by atoms with Crippen LogP contribution in [0.5, 0.6) is 11.5 Å². The van der Waals surface area contributed by atoms with E-state index in [1.807, 2.05) is 61.5 Å². The zero-order valence-corrected chi connectivity index (χ0v) is 17.0. The molecule has 0 bridgehead atoms. The third-order valence-electron chi connectivity index (χ3n) is 4.95. The number of fused-ring (bicyclic) bond motifs is 1. The van der Waals surface area contributed by atoms with Gasteiger partial charge < -0.3 is 13.9 Å². The van der Waals surface area contributed by atoms with Crippen molar-refractivity contribution in [3.05, 3.63) is 93.8 Å². The molecule has 1 heterocycles. The van der Waals surface area contributed by atoms with E-state index < -0.39 is 5.63 Å². The average molecular weight is 396 g/mol. The molecule has 1 aromatic heterocycles. The van der Waals surface area contributed by atoms with Crippen LogP contribution in [0.2, 0.25) is 0 Å². The molecule has 0 saturated heterocycles. The lowest BCUT2D eigenvalue weighted by molar-refractivity contribution is 0.396. The fourth-order valence-electron chi connectivity index (χ4n) is 3.44. The molecule has 30 heavy (non-hydrogen) atoms. The third-order valence-corrected chi connectivity index (χ3v) is 4.95. The van der Waals surface area contributed by atoms with E-state index in [1.54, 1.807) is 26.4 Å². The Morgan fingerprint density at radius 1 is 0.833 bits per heavy atom. The number of aryl methyl sites for hydroxylation is 1. The van der Waals surface area contributed by atoms with E-state index in [2.05, 4.69) is 11.8 Å². The van der Waals surface area contributed by atoms with Gasteiger partial charge in [-0.2, -0.15) is 0 Å². The zero-order chi connectivity index (χ0) is 21.1. The minimum absolute atomic E-state index is 0.404. The Balaban J connectivity index is 1.78. The average Bonchev–Trinajstić information content (AvgIpc) is 2.78. The number of rotatable bonds is 3. The van der Waals surface area contributed by atoms with E-state index in [9.17, 15) is 4.79 Å². The summed E-state index contributed by atoms with van der Waals surface area (Å²) in [4.78, 5) is 12.8. The first-order chi connectivity index (χ1) is 14.6. The van der Waals surface area contributed by atoms with Crippen molar-refractivity contribution >= 4 is 11.0 Å². The summed E-state index contributed by atoms with van der Waals surface area (Å²) in [7, 11) is 3.14. The van der Waals surface area contributed by atoms with Crippen molar-refractivity contribution in [2.75, 3.05) is 14.2 Å². The molecule has 0 amide bonds. The lowest BCUT2D eigenvalue weighted by Crippen LogP contribution is -2.07. The maximum Gasteiger partial charge on any atom is 0.344 e. The SMILES string of the molecule is COc1cc(OC)c2c(C)c(-c3ccc(C#Cc4ccccc4)cc3)c(=O)oc2c1. The van der Waals surface area contributed by atoms with E-state index in [1.165, 1.54) is 0 Å². The minimum atomic E-state index is -0.404. The fraction of sp³-hybridized carbons (Fsp3) is 0.115. The minimum Gasteiger partial charge on any atom is -0.496 e. The standard InChI is InChI=1S/C26H20O4/c1-17-24(26(27)30-23-16-21(28-2)15-22(29-3)25(17)23)20-13-11-19(12-14-20)10-9-18-7-5-4-6-8-18/h4-8,11-16H,1-3H3. The number of benzene rings is 3. The summed E-state index contributed by atoms with van der Waals surface area (Å²) in [6.45, 7) is 1.90. The van der Waals surface area contributed by atoms with Gasteiger partial charge in [0, 0.05) is 23.3 Å². The monoisotopic (exact) mass is 396 g/mol. The summed E-state index contributed by atoms with van der Waals surface area (Å²) in [5.74, 6) is 7.44. The molecule has 148 valence electrons. The van der Waals surface area contributed by atoms with E-state index in [4.69, 9.17) is 13.9 Å². The smallest absolute Gasteiger partial charge is 0.344 e. The predicted molar refractivity (Wildman–Crippen MR) is 118 cm³/mol. The van der Waals surface area contributed by atoms with Crippen molar-refractivity contribution in [3.63, 3.8) is 0 Å². The van der Waals surface area contributed by atoms with Crippen molar-refractivity contribution in [1.82, 2.24) is 0 Å². The van der Waals surface area contributed by atoms with Gasteiger partial charge in [0.15, 0.2) is 0 Å². The van der Waals surface area contributed by atoms with Crippen LogP contribution in [0.15, 0.2) is 75.9 Å². The van der Waals surface area contributed by atoms with Crippen LogP contribution in [0.1, 0.15) is 16.7 Å². The van der Waals surface area contributed by atoms with Crippen LogP contribution < -0.4 is 15.1 Å². The molecule has 0 N–H and O–H groups in total. The summed E-state index contributed by atoms with van der Waals surface area (Å²) < 4.78 is 16.4. The highest BCUT2D eigenvalue weighted by molar-refractivity contribution is 5.92.